The van der Waals surface area contributed by atoms with Crippen LogP contribution < -0.4 is 0 Å². The van der Waals surface area contributed by atoms with Crippen molar-refractivity contribution in [2.24, 2.45) is 0 Å². The maximum atomic E-state index is 9.37. The molecule has 0 amide bonds. The van der Waals surface area contributed by atoms with Gasteiger partial charge in [-0.3, -0.25) is 4.79 Å². The van der Waals surface area contributed by atoms with Crippen molar-refractivity contribution in [3.8, 4) is 0 Å². The van der Waals surface area contributed by atoms with E-state index in [1.165, 1.54) is 0 Å². The van der Waals surface area contributed by atoms with Crippen LogP contribution in [0, 0.1) is 0 Å². The second kappa shape index (κ2) is 9.14. The number of carboxylic acid groups (broad SMARTS) is 1. The molecule has 0 heterocycles. The summed E-state index contributed by atoms with van der Waals surface area (Å²) in [5, 5.41) is 7.72. The van der Waals surface area contributed by atoms with Gasteiger partial charge in [0.05, 0.1) is 0 Å². The van der Waals surface area contributed by atoms with Crippen molar-refractivity contribution in [3.63, 3.8) is 0 Å². The van der Waals surface area contributed by atoms with Crippen molar-refractivity contribution in [1.29, 1.82) is 0 Å². The molecule has 0 bridgehead atoms. The Balaban J connectivity index is -0.0000000800. The van der Waals surface area contributed by atoms with Crippen LogP contribution >= 0.6 is 0 Å². The second-order valence-electron chi connectivity index (χ2n) is 0.747. The van der Waals surface area contributed by atoms with Gasteiger partial charge in [0.2, 0.25) is 0 Å². The summed E-state index contributed by atoms with van der Waals surface area (Å²) in [6, 6.07) is 0. The van der Waals surface area contributed by atoms with E-state index in [0.29, 0.717) is 0 Å². The molecule has 0 aliphatic carbocycles. The van der Waals surface area contributed by atoms with Gasteiger partial charge in [-0.25, -0.2) is 0 Å². The van der Waals surface area contributed by atoms with Crippen molar-refractivity contribution in [2.45, 2.75) is 13.3 Å². The van der Waals surface area contributed by atoms with E-state index in [-0.39, 0.29) is 22.0 Å². The first-order valence-corrected chi connectivity index (χ1v) is 1.49. The number of rotatable bonds is 1. The molecule has 0 radical (unpaired) electrons. The molecule has 0 fully saturated rings. The molecule has 0 saturated carbocycles. The van der Waals surface area contributed by atoms with Crippen LogP contribution in [0.25, 0.3) is 0 Å². The Morgan fingerprint density at radius 2 is 1.86 bits per heavy atom. The summed E-state index contributed by atoms with van der Waals surface area (Å²) < 4.78 is 0. The molecule has 7 heavy (non-hydrogen) atoms. The number of carboxylic acids is 1. The van der Waals surface area contributed by atoms with Crippen molar-refractivity contribution in [1.82, 2.24) is 0 Å². The van der Waals surface area contributed by atoms with E-state index >= 15 is 0 Å². The summed E-state index contributed by atoms with van der Waals surface area (Å²) in [4.78, 5) is 9.37. The SMILES string of the molecule is CCC(=O)O.O.[BeH2]. The maximum absolute atomic E-state index is 9.37. The van der Waals surface area contributed by atoms with Crippen molar-refractivity contribution < 1.29 is 15.4 Å². The Bertz CT molecular complexity index is 45.4. The molecule has 0 aliphatic rings. The third kappa shape index (κ3) is 28.4. The van der Waals surface area contributed by atoms with Crippen LogP contribution in [0.1, 0.15) is 13.3 Å². The first kappa shape index (κ1) is 16.0. The zero-order valence-electron chi connectivity index (χ0n) is 3.56. The van der Waals surface area contributed by atoms with Crippen LogP contribution in [0.15, 0.2) is 0 Å². The molecule has 3 nitrogen and oxygen atoms in total. The molecular formula is C3H10BeO3. The third-order valence-corrected chi connectivity index (χ3v) is 0.302. The molecule has 0 rings (SSSR count). The number of carbonyl (C=O) groups is 1. The molecule has 0 aromatic carbocycles. The second-order valence-corrected chi connectivity index (χ2v) is 0.747. The molecule has 42 valence electrons. The van der Waals surface area contributed by atoms with Gasteiger partial charge in [0.15, 0.2) is 0 Å². The summed E-state index contributed by atoms with van der Waals surface area (Å²) in [6.07, 6.45) is 0.222. The fraction of sp³-hybridized carbons (Fsp3) is 0.667. The van der Waals surface area contributed by atoms with Crippen LogP contribution in [-0.2, 0) is 4.79 Å². The number of hydrogen-bond donors (Lipinski definition) is 1. The molecule has 0 saturated heterocycles. The van der Waals surface area contributed by atoms with Gasteiger partial charge in [-0.05, 0) is 0 Å². The van der Waals surface area contributed by atoms with Crippen molar-refractivity contribution >= 4 is 16.1 Å². The van der Waals surface area contributed by atoms with E-state index < -0.39 is 5.97 Å². The van der Waals surface area contributed by atoms with Crippen LogP contribution in [0.5, 0.6) is 0 Å². The van der Waals surface area contributed by atoms with E-state index in [2.05, 4.69) is 0 Å². The molecule has 4 heteroatoms. The summed E-state index contributed by atoms with van der Waals surface area (Å²) in [5.41, 5.74) is 0. The van der Waals surface area contributed by atoms with Gasteiger partial charge in [0, 0.05) is 6.42 Å². The molecule has 0 unspecified atom stereocenters. The first-order chi connectivity index (χ1) is 2.27. The summed E-state index contributed by atoms with van der Waals surface area (Å²) >= 11 is 0. The Morgan fingerprint density at radius 3 is 1.86 bits per heavy atom. The van der Waals surface area contributed by atoms with Crippen LogP contribution in [0.4, 0.5) is 0 Å². The van der Waals surface area contributed by atoms with E-state index in [4.69, 9.17) is 5.11 Å². The van der Waals surface area contributed by atoms with Gasteiger partial charge < -0.3 is 10.6 Å². The molecular weight excluding hydrogens is 93.0 g/mol. The van der Waals surface area contributed by atoms with Gasteiger partial charge in [0.1, 0.15) is 0 Å². The fourth-order valence-corrected chi connectivity index (χ4v) is 0. The zero-order valence-corrected chi connectivity index (χ0v) is 3.56. The monoisotopic (exact) mass is 103 g/mol. The normalized spacial score (nSPS) is 5.29. The Hall–Kier alpha value is -0.401. The van der Waals surface area contributed by atoms with Gasteiger partial charge in [-0.2, -0.15) is 0 Å². The van der Waals surface area contributed by atoms with Crippen molar-refractivity contribution in [2.75, 3.05) is 0 Å². The average molecular weight is 103 g/mol. The average Bonchev–Trinajstić information content (AvgIpc) is 1.38. The van der Waals surface area contributed by atoms with Crippen molar-refractivity contribution in [3.05, 3.63) is 0 Å². The minimum absolute atomic E-state index is 0. The molecule has 0 atom stereocenters. The number of aliphatic carboxylic acids is 1. The van der Waals surface area contributed by atoms with E-state index in [9.17, 15) is 4.79 Å². The van der Waals surface area contributed by atoms with E-state index in [0.717, 1.165) is 0 Å². The fourth-order valence-electron chi connectivity index (χ4n) is 0. The summed E-state index contributed by atoms with van der Waals surface area (Å²) in [7, 11) is 0. The quantitative estimate of drug-likeness (QED) is 0.421. The summed E-state index contributed by atoms with van der Waals surface area (Å²) in [5.74, 6) is -0.745. The Kier molecular flexibility index (Phi) is 20.9. The van der Waals surface area contributed by atoms with Gasteiger partial charge in [-0.1, -0.05) is 6.92 Å². The number of hydrogen-bond acceptors (Lipinski definition) is 1. The predicted molar refractivity (Wildman–Crippen MR) is 30.1 cm³/mol. The Labute approximate surface area is 45.9 Å². The first-order valence-electron chi connectivity index (χ1n) is 1.49. The standard InChI is InChI=1S/C3H6O2.Be.H2O.2H/c1-2-3(4)5;;;;/h2H2,1H3,(H,4,5);;1H2;;. The zero-order chi connectivity index (χ0) is 4.28. The molecule has 0 aliphatic heterocycles. The molecule has 0 spiro atoms. The van der Waals surface area contributed by atoms with Gasteiger partial charge in [-0.15, -0.1) is 0 Å². The van der Waals surface area contributed by atoms with Crippen LogP contribution in [0.2, 0.25) is 0 Å². The predicted octanol–water partition coefficient (Wildman–Crippen LogP) is -1.26. The van der Waals surface area contributed by atoms with Gasteiger partial charge in [0.25, 0.3) is 0 Å². The Morgan fingerprint density at radius 1 is 1.71 bits per heavy atom. The molecule has 0 aromatic heterocycles. The molecule has 3 N–H and O–H groups in total. The van der Waals surface area contributed by atoms with E-state index in [1.54, 1.807) is 6.92 Å². The van der Waals surface area contributed by atoms with Crippen LogP contribution in [0.3, 0.4) is 0 Å². The minimum atomic E-state index is -0.745. The third-order valence-electron chi connectivity index (χ3n) is 0.302. The summed E-state index contributed by atoms with van der Waals surface area (Å²) in [6.45, 7) is 1.60. The van der Waals surface area contributed by atoms with Gasteiger partial charge >= 0.3 is 16.1 Å². The molecule has 0 aromatic rings. The topological polar surface area (TPSA) is 68.8 Å². The van der Waals surface area contributed by atoms with E-state index in [1.807, 2.05) is 0 Å². The van der Waals surface area contributed by atoms with Crippen LogP contribution in [-0.4, -0.2) is 26.7 Å².